The summed E-state index contributed by atoms with van der Waals surface area (Å²) in [5.74, 6) is 0.830. The van der Waals surface area contributed by atoms with Gasteiger partial charge in [0, 0.05) is 47.2 Å². The molecule has 0 saturated heterocycles. The molecule has 0 amide bonds. The lowest BCUT2D eigenvalue weighted by molar-refractivity contribution is -0.384. The van der Waals surface area contributed by atoms with Crippen molar-refractivity contribution in [3.8, 4) is 11.5 Å². The van der Waals surface area contributed by atoms with Gasteiger partial charge in [-0.15, -0.1) is 0 Å². The van der Waals surface area contributed by atoms with Crippen LogP contribution in [-0.4, -0.2) is 24.0 Å². The Morgan fingerprint density at radius 1 is 0.842 bits per heavy atom. The van der Waals surface area contributed by atoms with E-state index in [4.69, 9.17) is 9.47 Å². The number of ether oxygens (including phenoxy) is 2. The van der Waals surface area contributed by atoms with Gasteiger partial charge in [0.15, 0.2) is 5.60 Å². The number of para-hydroxylation sites is 1. The minimum Gasteiger partial charge on any atom is -0.456 e. The molecule has 1 unspecified atom stereocenters. The molecule has 38 heavy (non-hydrogen) atoms. The second-order valence-corrected chi connectivity index (χ2v) is 9.18. The largest absolute Gasteiger partial charge is 0.456 e. The molecular weight excluding hydrogens is 482 g/mol. The first-order valence-corrected chi connectivity index (χ1v) is 12.5. The molecule has 2 heterocycles. The van der Waals surface area contributed by atoms with E-state index in [1.807, 2.05) is 79.4 Å². The van der Waals surface area contributed by atoms with Crippen molar-refractivity contribution in [3.63, 3.8) is 0 Å². The van der Waals surface area contributed by atoms with Gasteiger partial charge in [-0.2, -0.15) is 0 Å². The number of esters is 1. The smallest absolute Gasteiger partial charge is 0.340 e. The first-order valence-electron chi connectivity index (χ1n) is 12.5. The van der Waals surface area contributed by atoms with E-state index in [2.05, 4.69) is 5.32 Å². The van der Waals surface area contributed by atoms with Gasteiger partial charge in [0.2, 0.25) is 0 Å². The summed E-state index contributed by atoms with van der Waals surface area (Å²) < 4.78 is 12.5. The van der Waals surface area contributed by atoms with Crippen LogP contribution in [0, 0.1) is 10.1 Å². The van der Waals surface area contributed by atoms with E-state index in [9.17, 15) is 14.9 Å². The average Bonchev–Trinajstić information content (AvgIpc) is 3.23. The predicted molar refractivity (Wildman–Crippen MR) is 145 cm³/mol. The summed E-state index contributed by atoms with van der Waals surface area (Å²) >= 11 is 0. The van der Waals surface area contributed by atoms with Gasteiger partial charge < -0.3 is 19.7 Å². The lowest BCUT2D eigenvalue weighted by Crippen LogP contribution is -2.33. The summed E-state index contributed by atoms with van der Waals surface area (Å²) in [5, 5.41) is 15.0. The number of nitro benzene ring substituents is 1. The molecule has 4 aromatic carbocycles. The summed E-state index contributed by atoms with van der Waals surface area (Å²) in [4.78, 5) is 26.3. The number of rotatable bonds is 6. The van der Waals surface area contributed by atoms with Crippen LogP contribution in [0.5, 0.6) is 11.5 Å². The summed E-state index contributed by atoms with van der Waals surface area (Å²) in [6, 6.07) is 25.6. The van der Waals surface area contributed by atoms with E-state index in [-0.39, 0.29) is 16.6 Å². The van der Waals surface area contributed by atoms with Gasteiger partial charge in [0.25, 0.3) is 5.69 Å². The Kier molecular flexibility index (Phi) is 5.52. The fourth-order valence-electron chi connectivity index (χ4n) is 5.44. The SMILES string of the molecule is CCN(CC)c1cc(Nc2ccc3c(c2)C2(OC(=O)c4ccccc42)c2ccccc2O3)ccc1[N+](=O)[O-]. The molecule has 8 nitrogen and oxygen atoms in total. The molecule has 0 fully saturated rings. The molecule has 0 saturated carbocycles. The highest BCUT2D eigenvalue weighted by molar-refractivity contribution is 5.97. The topological polar surface area (TPSA) is 93.9 Å². The van der Waals surface area contributed by atoms with Crippen molar-refractivity contribution in [1.82, 2.24) is 0 Å². The lowest BCUT2D eigenvalue weighted by atomic mass is 9.77. The van der Waals surface area contributed by atoms with E-state index >= 15 is 0 Å². The van der Waals surface area contributed by atoms with Gasteiger partial charge in [-0.3, -0.25) is 10.1 Å². The lowest BCUT2D eigenvalue weighted by Gasteiger charge is -2.36. The highest BCUT2D eigenvalue weighted by Gasteiger charge is 2.53. The van der Waals surface area contributed by atoms with Gasteiger partial charge >= 0.3 is 5.97 Å². The highest BCUT2D eigenvalue weighted by atomic mass is 16.6. The number of benzene rings is 4. The van der Waals surface area contributed by atoms with Gasteiger partial charge in [0.1, 0.15) is 17.2 Å². The average molecular weight is 508 g/mol. The van der Waals surface area contributed by atoms with Crippen LogP contribution < -0.4 is 15.0 Å². The highest BCUT2D eigenvalue weighted by Crippen LogP contribution is 2.56. The molecule has 1 spiro atoms. The zero-order chi connectivity index (χ0) is 26.4. The zero-order valence-electron chi connectivity index (χ0n) is 20.9. The summed E-state index contributed by atoms with van der Waals surface area (Å²) in [7, 11) is 0. The van der Waals surface area contributed by atoms with E-state index < -0.39 is 5.60 Å². The van der Waals surface area contributed by atoms with E-state index in [1.54, 1.807) is 18.2 Å². The van der Waals surface area contributed by atoms with Crippen LogP contribution in [-0.2, 0) is 10.3 Å². The number of nitrogens with one attached hydrogen (secondary N) is 1. The third-order valence-electron chi connectivity index (χ3n) is 7.18. The number of nitrogens with zero attached hydrogens (tertiary/aromatic N) is 2. The Morgan fingerprint density at radius 3 is 2.26 bits per heavy atom. The summed E-state index contributed by atoms with van der Waals surface area (Å²) in [6.45, 7) is 5.22. The van der Waals surface area contributed by atoms with Gasteiger partial charge in [-0.05, 0) is 56.3 Å². The van der Waals surface area contributed by atoms with Gasteiger partial charge in [0.05, 0.1) is 10.5 Å². The number of carbonyl (C=O) groups excluding carboxylic acids is 1. The minimum atomic E-state index is -1.16. The molecule has 4 aromatic rings. The molecule has 0 radical (unpaired) electrons. The first-order chi connectivity index (χ1) is 18.5. The molecule has 1 N–H and O–H groups in total. The number of nitro groups is 1. The maximum absolute atomic E-state index is 13.0. The Labute approximate surface area is 219 Å². The van der Waals surface area contributed by atoms with Crippen molar-refractivity contribution in [3.05, 3.63) is 117 Å². The normalized spacial score (nSPS) is 16.6. The fourth-order valence-corrected chi connectivity index (χ4v) is 5.44. The molecule has 0 bridgehead atoms. The summed E-state index contributed by atoms with van der Waals surface area (Å²) in [5.41, 5.74) is 3.62. The molecule has 190 valence electrons. The monoisotopic (exact) mass is 507 g/mol. The van der Waals surface area contributed by atoms with Crippen LogP contribution in [0.4, 0.5) is 22.7 Å². The number of hydrogen-bond acceptors (Lipinski definition) is 7. The maximum Gasteiger partial charge on any atom is 0.340 e. The van der Waals surface area contributed by atoms with Crippen LogP contribution in [0.25, 0.3) is 0 Å². The molecule has 0 aliphatic carbocycles. The number of carbonyl (C=O) groups is 1. The Balaban J connectivity index is 1.47. The third kappa shape index (κ3) is 3.48. The Hall–Kier alpha value is -4.85. The minimum absolute atomic E-state index is 0.0584. The predicted octanol–water partition coefficient (Wildman–Crippen LogP) is 6.75. The Bertz CT molecular complexity index is 1600. The molecular formula is C30H25N3O5. The standard InChI is InChI=1S/C30H25N3O5/c1-3-32(4-2)26-18-20(13-15-25(26)33(35)36)31-19-14-16-28-24(17-19)30(23-11-7-8-12-27(23)37-28)22-10-6-5-9-21(22)29(34)38-30/h5-18,31H,3-4H2,1-2H3. The third-order valence-corrected chi connectivity index (χ3v) is 7.18. The number of hydrogen-bond donors (Lipinski definition) is 1. The van der Waals surface area contributed by atoms with Crippen molar-refractivity contribution in [2.24, 2.45) is 0 Å². The summed E-state index contributed by atoms with van der Waals surface area (Å²) in [6.07, 6.45) is 0. The molecule has 6 rings (SSSR count). The van der Waals surface area contributed by atoms with E-state index in [0.717, 1.165) is 16.8 Å². The van der Waals surface area contributed by atoms with Crippen LogP contribution in [0.1, 0.15) is 40.9 Å². The van der Waals surface area contributed by atoms with Crippen LogP contribution >= 0.6 is 0 Å². The second-order valence-electron chi connectivity index (χ2n) is 9.18. The van der Waals surface area contributed by atoms with E-state index in [0.29, 0.717) is 47.1 Å². The van der Waals surface area contributed by atoms with Crippen molar-refractivity contribution in [2.45, 2.75) is 19.4 Å². The van der Waals surface area contributed by atoms with Gasteiger partial charge in [-0.1, -0.05) is 36.4 Å². The zero-order valence-corrected chi connectivity index (χ0v) is 20.9. The molecule has 0 aromatic heterocycles. The fraction of sp³-hybridized carbons (Fsp3) is 0.167. The number of fused-ring (bicyclic) bond motifs is 6. The Morgan fingerprint density at radius 2 is 1.50 bits per heavy atom. The van der Waals surface area contributed by atoms with E-state index in [1.165, 1.54) is 6.07 Å². The first kappa shape index (κ1) is 23.5. The van der Waals surface area contributed by atoms with Gasteiger partial charge in [-0.25, -0.2) is 4.79 Å². The van der Waals surface area contributed by atoms with Crippen molar-refractivity contribution in [2.75, 3.05) is 23.3 Å². The van der Waals surface area contributed by atoms with Crippen LogP contribution in [0.2, 0.25) is 0 Å². The molecule has 2 aliphatic heterocycles. The molecule has 1 atom stereocenters. The van der Waals surface area contributed by atoms with Crippen molar-refractivity contribution < 1.29 is 19.2 Å². The van der Waals surface area contributed by atoms with Crippen LogP contribution in [0.15, 0.2) is 84.9 Å². The van der Waals surface area contributed by atoms with Crippen LogP contribution in [0.3, 0.4) is 0 Å². The van der Waals surface area contributed by atoms with Crippen molar-refractivity contribution >= 4 is 28.7 Å². The maximum atomic E-state index is 13.0. The quantitative estimate of drug-likeness (QED) is 0.175. The van der Waals surface area contributed by atoms with Crippen molar-refractivity contribution in [1.29, 1.82) is 0 Å². The second kappa shape index (κ2) is 8.92. The molecule has 2 aliphatic rings. The number of anilines is 3. The molecule has 8 heteroatoms.